The van der Waals surface area contributed by atoms with E-state index in [-0.39, 0.29) is 11.8 Å². The molecule has 1 unspecified atom stereocenters. The van der Waals surface area contributed by atoms with E-state index in [1.807, 2.05) is 0 Å². The molecule has 2 N–H and O–H groups in total. The number of carbonyl (C=O) groups is 1. The molecular weight excluding hydrogens is 254 g/mol. The van der Waals surface area contributed by atoms with Crippen LogP contribution < -0.4 is 4.84 Å². The van der Waals surface area contributed by atoms with Crippen LogP contribution in [0.25, 0.3) is 0 Å². The van der Waals surface area contributed by atoms with Gasteiger partial charge in [-0.25, -0.2) is 4.79 Å². The summed E-state index contributed by atoms with van der Waals surface area (Å²) in [4.78, 5) is 16.5. The Labute approximate surface area is 111 Å². The third kappa shape index (κ3) is 4.80. The van der Waals surface area contributed by atoms with Crippen molar-refractivity contribution >= 4 is 5.97 Å². The Morgan fingerprint density at radius 3 is 2.47 bits per heavy atom. The van der Waals surface area contributed by atoms with Gasteiger partial charge in [-0.1, -0.05) is 6.92 Å². The minimum Gasteiger partial charge on any atom is -0.492 e. The van der Waals surface area contributed by atoms with Crippen LogP contribution in [0.1, 0.15) is 13.3 Å². The van der Waals surface area contributed by atoms with E-state index in [2.05, 4.69) is 0 Å². The van der Waals surface area contributed by atoms with Crippen LogP contribution in [0.4, 0.5) is 0 Å². The van der Waals surface area contributed by atoms with Crippen molar-refractivity contribution in [2.45, 2.75) is 13.3 Å². The molecule has 0 bridgehead atoms. The molecule has 0 saturated heterocycles. The van der Waals surface area contributed by atoms with E-state index in [1.165, 1.54) is 12.1 Å². The molecule has 1 aromatic rings. The number of nitrogens with zero attached hydrogens (tertiary/aromatic N) is 1. The molecule has 7 heteroatoms. The van der Waals surface area contributed by atoms with Gasteiger partial charge in [-0.05, 0) is 6.42 Å². The number of methoxy groups -OCH3 is 1. The zero-order valence-electron chi connectivity index (χ0n) is 11.0. The summed E-state index contributed by atoms with van der Waals surface area (Å²) in [5.74, 6) is -1.65. The van der Waals surface area contributed by atoms with E-state index in [0.717, 1.165) is 0 Å². The van der Waals surface area contributed by atoms with Crippen molar-refractivity contribution in [2.75, 3.05) is 26.9 Å². The second-order valence-corrected chi connectivity index (χ2v) is 4.05. The lowest BCUT2D eigenvalue weighted by Crippen LogP contribution is -2.26. The van der Waals surface area contributed by atoms with Crippen LogP contribution in [0, 0.1) is 5.92 Å². The van der Waals surface area contributed by atoms with Crippen molar-refractivity contribution in [3.05, 3.63) is 12.1 Å². The first-order chi connectivity index (χ1) is 9.06. The second kappa shape index (κ2) is 7.65. The summed E-state index contributed by atoms with van der Waals surface area (Å²) in [5.41, 5.74) is 0. The predicted octanol–water partition coefficient (Wildman–Crippen LogP) is 0.544. The van der Waals surface area contributed by atoms with Crippen LogP contribution in [-0.2, 0) is 14.3 Å². The number of rotatable bonds is 8. The third-order valence-corrected chi connectivity index (χ3v) is 2.51. The van der Waals surface area contributed by atoms with Gasteiger partial charge < -0.3 is 24.5 Å². The van der Waals surface area contributed by atoms with Gasteiger partial charge >= 0.3 is 5.97 Å². The van der Waals surface area contributed by atoms with Gasteiger partial charge in [-0.2, -0.15) is 0 Å². The van der Waals surface area contributed by atoms with E-state index in [0.29, 0.717) is 31.0 Å². The van der Waals surface area contributed by atoms with Crippen molar-refractivity contribution < 1.29 is 29.3 Å². The van der Waals surface area contributed by atoms with Gasteiger partial charge in [0.2, 0.25) is 11.8 Å². The second-order valence-electron chi connectivity index (χ2n) is 4.05. The number of aromatic nitrogens is 1. The number of hydrogen-bond acceptors (Lipinski definition) is 6. The maximum Gasteiger partial charge on any atom is 0.336 e. The van der Waals surface area contributed by atoms with Gasteiger partial charge in [0.15, 0.2) is 0 Å². The lowest BCUT2D eigenvalue weighted by Gasteiger charge is -2.12. The fourth-order valence-electron chi connectivity index (χ4n) is 1.30. The zero-order valence-corrected chi connectivity index (χ0v) is 11.0. The molecule has 0 aliphatic rings. The Hall–Kier alpha value is -1.73. The van der Waals surface area contributed by atoms with E-state index in [9.17, 15) is 15.0 Å². The highest BCUT2D eigenvalue weighted by Gasteiger charge is 2.18. The highest BCUT2D eigenvalue weighted by molar-refractivity contribution is 5.72. The van der Waals surface area contributed by atoms with Crippen LogP contribution in [0.2, 0.25) is 0 Å². The average Bonchev–Trinajstić information content (AvgIpc) is 2.70. The smallest absolute Gasteiger partial charge is 0.336 e. The number of carbonyl (C=O) groups excluding carboxylic acids is 1. The molecule has 0 aromatic carbocycles. The first kappa shape index (κ1) is 15.3. The highest BCUT2D eigenvalue weighted by atomic mass is 16.7. The molecule has 19 heavy (non-hydrogen) atoms. The largest absolute Gasteiger partial charge is 0.492 e. The Bertz CT molecular complexity index is 383. The summed E-state index contributed by atoms with van der Waals surface area (Å²) in [6.45, 7) is 3.06. The van der Waals surface area contributed by atoms with Gasteiger partial charge in [0.25, 0.3) is 0 Å². The lowest BCUT2D eigenvalue weighted by molar-refractivity contribution is -0.150. The predicted molar refractivity (Wildman–Crippen MR) is 65.8 cm³/mol. The zero-order chi connectivity index (χ0) is 14.3. The average molecular weight is 273 g/mol. The minimum atomic E-state index is -0.558. The van der Waals surface area contributed by atoms with Crippen molar-refractivity contribution in [1.29, 1.82) is 0 Å². The van der Waals surface area contributed by atoms with Crippen molar-refractivity contribution in [1.82, 2.24) is 4.73 Å². The molecule has 0 aliphatic heterocycles. The maximum absolute atomic E-state index is 11.7. The summed E-state index contributed by atoms with van der Waals surface area (Å²) in [6, 6.07) is 2.45. The molecule has 0 fully saturated rings. The number of aromatic hydroxyl groups is 2. The van der Waals surface area contributed by atoms with E-state index in [4.69, 9.17) is 14.3 Å². The van der Waals surface area contributed by atoms with Gasteiger partial charge in [-0.15, -0.1) is 4.73 Å². The van der Waals surface area contributed by atoms with Crippen LogP contribution >= 0.6 is 0 Å². The molecule has 0 spiro atoms. The summed E-state index contributed by atoms with van der Waals surface area (Å²) in [6.07, 6.45) is 0.478. The number of ether oxygens (including phenoxy) is 2. The van der Waals surface area contributed by atoms with Crippen LogP contribution in [0.3, 0.4) is 0 Å². The Morgan fingerprint density at radius 2 is 1.89 bits per heavy atom. The molecule has 7 nitrogen and oxygen atoms in total. The topological polar surface area (TPSA) is 90.2 Å². The molecule has 0 aliphatic carbocycles. The highest BCUT2D eigenvalue weighted by Crippen LogP contribution is 2.19. The molecular formula is C12H19NO6. The van der Waals surface area contributed by atoms with E-state index >= 15 is 0 Å². The molecule has 0 amide bonds. The van der Waals surface area contributed by atoms with Gasteiger partial charge in [-0.3, -0.25) is 0 Å². The van der Waals surface area contributed by atoms with Crippen LogP contribution in [0.5, 0.6) is 11.8 Å². The molecule has 1 rings (SSSR count). The number of hydrogen-bond donors (Lipinski definition) is 2. The van der Waals surface area contributed by atoms with E-state index < -0.39 is 11.9 Å². The molecule has 0 radical (unpaired) electrons. The molecule has 1 heterocycles. The Kier molecular flexibility index (Phi) is 6.17. The fraction of sp³-hybridized carbons (Fsp3) is 0.583. The standard InChI is InChI=1S/C12H19NO6/c1-9(5-6-18-8-7-17-2)12(16)19-13-10(14)3-4-11(13)15/h3-4,9,14-15H,5-8H2,1-2H3. The monoisotopic (exact) mass is 273 g/mol. The molecule has 1 atom stereocenters. The quantitative estimate of drug-likeness (QED) is 0.672. The normalized spacial score (nSPS) is 12.3. The first-order valence-electron chi connectivity index (χ1n) is 5.94. The van der Waals surface area contributed by atoms with Crippen LogP contribution in [0.15, 0.2) is 12.1 Å². The maximum atomic E-state index is 11.7. The van der Waals surface area contributed by atoms with Crippen LogP contribution in [-0.4, -0.2) is 47.8 Å². The molecule has 1 aromatic heterocycles. The Morgan fingerprint density at radius 1 is 1.26 bits per heavy atom. The van der Waals surface area contributed by atoms with Crippen molar-refractivity contribution in [2.24, 2.45) is 5.92 Å². The first-order valence-corrected chi connectivity index (χ1v) is 5.94. The van der Waals surface area contributed by atoms with Crippen molar-refractivity contribution in [3.63, 3.8) is 0 Å². The van der Waals surface area contributed by atoms with Gasteiger partial charge in [0, 0.05) is 25.8 Å². The molecule has 108 valence electrons. The summed E-state index contributed by atoms with van der Waals surface area (Å²) < 4.78 is 10.7. The van der Waals surface area contributed by atoms with Gasteiger partial charge in [0.1, 0.15) is 0 Å². The van der Waals surface area contributed by atoms with Crippen molar-refractivity contribution in [3.8, 4) is 11.8 Å². The SMILES string of the molecule is COCCOCCC(C)C(=O)On1c(O)ccc1O. The molecule has 0 saturated carbocycles. The minimum absolute atomic E-state index is 0.339. The summed E-state index contributed by atoms with van der Waals surface area (Å²) in [7, 11) is 1.58. The summed E-state index contributed by atoms with van der Waals surface area (Å²) in [5, 5.41) is 18.6. The van der Waals surface area contributed by atoms with E-state index in [1.54, 1.807) is 14.0 Å². The van der Waals surface area contributed by atoms with Gasteiger partial charge in [0.05, 0.1) is 19.1 Å². The lowest BCUT2D eigenvalue weighted by atomic mass is 10.1. The third-order valence-electron chi connectivity index (χ3n) is 2.51. The Balaban J connectivity index is 2.33. The summed E-state index contributed by atoms with van der Waals surface area (Å²) >= 11 is 0. The fourth-order valence-corrected chi connectivity index (χ4v) is 1.30.